The van der Waals surface area contributed by atoms with E-state index in [0.29, 0.717) is 25.1 Å². The van der Waals surface area contributed by atoms with Gasteiger partial charge in [0.2, 0.25) is 0 Å². The fraction of sp³-hybridized carbons (Fsp3) is 0.333. The number of amides is 2. The molecule has 5 N–H and O–H groups in total. The fourth-order valence-electron chi connectivity index (χ4n) is 1.42. The van der Waals surface area contributed by atoms with E-state index in [4.69, 9.17) is 10.8 Å². The number of rotatable bonds is 6. The Morgan fingerprint density at radius 2 is 1.94 bits per heavy atom. The highest BCUT2D eigenvalue weighted by Gasteiger charge is 2.21. The van der Waals surface area contributed by atoms with Crippen molar-refractivity contribution in [3.63, 3.8) is 0 Å². The van der Waals surface area contributed by atoms with E-state index in [-0.39, 0.29) is 0 Å². The largest absolute Gasteiger partial charge is 0.479 e. The van der Waals surface area contributed by atoms with Gasteiger partial charge in [-0.15, -0.1) is 0 Å². The van der Waals surface area contributed by atoms with Crippen LogP contribution in [0.25, 0.3) is 0 Å². The Labute approximate surface area is 105 Å². The summed E-state index contributed by atoms with van der Waals surface area (Å²) in [6.45, 7) is 0.894. The molecule has 6 nitrogen and oxygen atoms in total. The lowest BCUT2D eigenvalue weighted by Gasteiger charge is -2.15. The van der Waals surface area contributed by atoms with Gasteiger partial charge in [0.1, 0.15) is 0 Å². The monoisotopic (exact) mass is 251 g/mol. The maximum atomic E-state index is 11.5. The zero-order chi connectivity index (χ0) is 13.4. The second-order valence-corrected chi connectivity index (χ2v) is 3.72. The number of urea groups is 1. The lowest BCUT2D eigenvalue weighted by molar-refractivity contribution is -0.139. The number of nitrogens with one attached hydrogen (secondary N) is 2. The maximum Gasteiger partial charge on any atom is 0.330 e. The van der Waals surface area contributed by atoms with E-state index in [1.807, 2.05) is 0 Å². The van der Waals surface area contributed by atoms with E-state index in [0.717, 1.165) is 0 Å². The maximum absolute atomic E-state index is 11.5. The van der Waals surface area contributed by atoms with Crippen molar-refractivity contribution < 1.29 is 14.7 Å². The number of carboxylic acid groups (broad SMARTS) is 1. The van der Waals surface area contributed by atoms with Gasteiger partial charge in [0.15, 0.2) is 6.04 Å². The molecular formula is C12H17N3O3. The highest BCUT2D eigenvalue weighted by atomic mass is 16.4. The Morgan fingerprint density at radius 1 is 1.28 bits per heavy atom. The van der Waals surface area contributed by atoms with Gasteiger partial charge in [-0.25, -0.2) is 9.59 Å². The summed E-state index contributed by atoms with van der Waals surface area (Å²) in [4.78, 5) is 22.6. The lowest BCUT2D eigenvalue weighted by atomic mass is 10.1. The molecule has 0 aromatic heterocycles. The lowest BCUT2D eigenvalue weighted by Crippen LogP contribution is -2.41. The summed E-state index contributed by atoms with van der Waals surface area (Å²) in [7, 11) is 0. The first-order valence-electron chi connectivity index (χ1n) is 5.67. The van der Waals surface area contributed by atoms with E-state index in [1.165, 1.54) is 0 Å². The first kappa shape index (κ1) is 14.0. The summed E-state index contributed by atoms with van der Waals surface area (Å²) in [6, 6.07) is 6.96. The minimum atomic E-state index is -1.10. The van der Waals surface area contributed by atoms with Crippen molar-refractivity contribution in [1.29, 1.82) is 0 Å². The minimum Gasteiger partial charge on any atom is -0.479 e. The van der Waals surface area contributed by atoms with Crippen LogP contribution >= 0.6 is 0 Å². The summed E-state index contributed by atoms with van der Waals surface area (Å²) >= 11 is 0. The number of hydrogen-bond donors (Lipinski definition) is 4. The van der Waals surface area contributed by atoms with Gasteiger partial charge in [-0.05, 0) is 18.5 Å². The van der Waals surface area contributed by atoms with Crippen LogP contribution in [-0.2, 0) is 4.79 Å². The topological polar surface area (TPSA) is 104 Å². The fourth-order valence-corrected chi connectivity index (χ4v) is 1.42. The third-order valence-electron chi connectivity index (χ3n) is 2.32. The van der Waals surface area contributed by atoms with Crippen molar-refractivity contribution in [1.82, 2.24) is 10.6 Å². The van der Waals surface area contributed by atoms with Crippen molar-refractivity contribution in [3.05, 3.63) is 35.9 Å². The van der Waals surface area contributed by atoms with Crippen LogP contribution in [0.3, 0.4) is 0 Å². The average Bonchev–Trinajstić information content (AvgIpc) is 2.37. The summed E-state index contributed by atoms with van der Waals surface area (Å²) in [6.07, 6.45) is 0.649. The van der Waals surface area contributed by atoms with Crippen LogP contribution in [0.4, 0.5) is 4.79 Å². The predicted molar refractivity (Wildman–Crippen MR) is 67.0 cm³/mol. The summed E-state index contributed by atoms with van der Waals surface area (Å²) in [5.41, 5.74) is 5.82. The zero-order valence-electron chi connectivity index (χ0n) is 9.93. The Kier molecular flexibility index (Phi) is 5.66. The molecule has 0 aliphatic heterocycles. The van der Waals surface area contributed by atoms with Gasteiger partial charge in [-0.1, -0.05) is 30.3 Å². The highest BCUT2D eigenvalue weighted by molar-refractivity contribution is 5.83. The van der Waals surface area contributed by atoms with E-state index >= 15 is 0 Å². The normalized spacial score (nSPS) is 11.6. The molecule has 0 radical (unpaired) electrons. The Hall–Kier alpha value is -2.08. The predicted octanol–water partition coefficient (Wildman–Crippen LogP) is 0.460. The molecule has 1 atom stereocenters. The number of carbonyl (C=O) groups excluding carboxylic acids is 1. The Bertz CT molecular complexity index is 395. The van der Waals surface area contributed by atoms with E-state index in [1.54, 1.807) is 30.3 Å². The second-order valence-electron chi connectivity index (χ2n) is 3.72. The number of nitrogens with two attached hydrogens (primary N) is 1. The van der Waals surface area contributed by atoms with Crippen molar-refractivity contribution in [2.24, 2.45) is 5.73 Å². The average molecular weight is 251 g/mol. The van der Waals surface area contributed by atoms with Crippen LogP contribution in [-0.4, -0.2) is 30.2 Å². The first-order chi connectivity index (χ1) is 8.65. The second kappa shape index (κ2) is 7.29. The molecule has 1 aromatic carbocycles. The number of carboxylic acids is 1. The smallest absolute Gasteiger partial charge is 0.330 e. The standard InChI is InChI=1S/C12H17N3O3/c13-7-4-8-14-12(18)15-10(11(16)17)9-5-2-1-3-6-9/h1-3,5-6,10H,4,7-8,13H2,(H,16,17)(H2,14,15,18)/t10-/m1/s1. The molecule has 0 fully saturated rings. The number of hydrogen-bond acceptors (Lipinski definition) is 3. The molecule has 1 rings (SSSR count). The van der Waals surface area contributed by atoms with Gasteiger partial charge >= 0.3 is 12.0 Å². The van der Waals surface area contributed by atoms with Gasteiger partial charge < -0.3 is 21.5 Å². The van der Waals surface area contributed by atoms with Crippen LogP contribution in [0.2, 0.25) is 0 Å². The zero-order valence-corrected chi connectivity index (χ0v) is 9.93. The molecule has 18 heavy (non-hydrogen) atoms. The molecule has 0 spiro atoms. The molecule has 0 saturated heterocycles. The van der Waals surface area contributed by atoms with Gasteiger partial charge in [0.05, 0.1) is 0 Å². The summed E-state index contributed by atoms with van der Waals surface area (Å²) < 4.78 is 0. The third-order valence-corrected chi connectivity index (χ3v) is 2.32. The molecule has 0 saturated carbocycles. The van der Waals surface area contributed by atoms with Crippen molar-refractivity contribution >= 4 is 12.0 Å². The number of aliphatic carboxylic acids is 1. The number of carbonyl (C=O) groups is 2. The van der Waals surface area contributed by atoms with E-state index < -0.39 is 18.0 Å². The summed E-state index contributed by atoms with van der Waals surface area (Å²) in [5, 5.41) is 14.0. The molecule has 6 heteroatoms. The van der Waals surface area contributed by atoms with Crippen molar-refractivity contribution in [2.45, 2.75) is 12.5 Å². The quantitative estimate of drug-likeness (QED) is 0.551. The molecule has 0 aliphatic carbocycles. The SMILES string of the molecule is NCCCNC(=O)N[C@@H](C(=O)O)c1ccccc1. The van der Waals surface area contributed by atoms with Gasteiger partial charge in [0.25, 0.3) is 0 Å². The minimum absolute atomic E-state index is 0.420. The van der Waals surface area contributed by atoms with Gasteiger partial charge in [-0.2, -0.15) is 0 Å². The van der Waals surface area contributed by atoms with Crippen LogP contribution in [0.15, 0.2) is 30.3 Å². The van der Waals surface area contributed by atoms with Crippen LogP contribution in [0.1, 0.15) is 18.0 Å². The molecule has 0 unspecified atom stereocenters. The van der Waals surface area contributed by atoms with E-state index in [9.17, 15) is 9.59 Å². The van der Waals surface area contributed by atoms with Crippen molar-refractivity contribution in [2.75, 3.05) is 13.1 Å². The third kappa shape index (κ3) is 4.42. The van der Waals surface area contributed by atoms with Crippen LogP contribution in [0.5, 0.6) is 0 Å². The number of benzene rings is 1. The van der Waals surface area contributed by atoms with Gasteiger partial charge in [-0.3, -0.25) is 0 Å². The molecule has 0 bridgehead atoms. The van der Waals surface area contributed by atoms with Crippen molar-refractivity contribution in [3.8, 4) is 0 Å². The van der Waals surface area contributed by atoms with Crippen LogP contribution in [0, 0.1) is 0 Å². The molecule has 2 amide bonds. The molecule has 98 valence electrons. The molecule has 1 aromatic rings. The Morgan fingerprint density at radius 3 is 2.50 bits per heavy atom. The summed E-state index contributed by atoms with van der Waals surface area (Å²) in [5.74, 6) is -1.10. The highest BCUT2D eigenvalue weighted by Crippen LogP contribution is 2.12. The molecular weight excluding hydrogens is 234 g/mol. The van der Waals surface area contributed by atoms with Gasteiger partial charge in [0, 0.05) is 6.54 Å². The first-order valence-corrected chi connectivity index (χ1v) is 5.67. The Balaban J connectivity index is 2.59. The van der Waals surface area contributed by atoms with Crippen LogP contribution < -0.4 is 16.4 Å². The molecule has 0 aliphatic rings. The van der Waals surface area contributed by atoms with E-state index in [2.05, 4.69) is 10.6 Å². The molecule has 0 heterocycles.